The molecule has 2 aromatic carbocycles. The van der Waals surface area contributed by atoms with Gasteiger partial charge >= 0.3 is 6.03 Å². The van der Waals surface area contributed by atoms with Crippen molar-refractivity contribution in [3.8, 4) is 5.75 Å². The minimum Gasteiger partial charge on any atom is -0.496 e. The molecule has 156 valence electrons. The number of rotatable bonds is 7. The van der Waals surface area contributed by atoms with Gasteiger partial charge in [0.2, 0.25) is 0 Å². The van der Waals surface area contributed by atoms with Crippen molar-refractivity contribution in [1.29, 1.82) is 0 Å². The van der Waals surface area contributed by atoms with E-state index in [1.807, 2.05) is 42.5 Å². The van der Waals surface area contributed by atoms with Gasteiger partial charge in [0.15, 0.2) is 0 Å². The summed E-state index contributed by atoms with van der Waals surface area (Å²) >= 11 is 8.04. The third-order valence-corrected chi connectivity index (χ3v) is 6.15. The van der Waals surface area contributed by atoms with E-state index < -0.39 is 0 Å². The van der Waals surface area contributed by atoms with Crippen molar-refractivity contribution in [1.82, 2.24) is 5.32 Å². The molecule has 0 aliphatic carbocycles. The summed E-state index contributed by atoms with van der Waals surface area (Å²) in [6.07, 6.45) is 3.64. The van der Waals surface area contributed by atoms with Crippen LogP contribution in [0.4, 0.5) is 10.5 Å². The van der Waals surface area contributed by atoms with Crippen molar-refractivity contribution >= 4 is 35.1 Å². The van der Waals surface area contributed by atoms with Crippen LogP contribution in [-0.2, 0) is 15.9 Å². The second-order valence-corrected chi connectivity index (χ2v) is 8.48. The number of urea groups is 1. The molecule has 0 radical (unpaired) electrons. The van der Waals surface area contributed by atoms with Crippen LogP contribution in [0.1, 0.15) is 24.0 Å². The fourth-order valence-corrected chi connectivity index (χ4v) is 4.37. The largest absolute Gasteiger partial charge is 0.496 e. The molecule has 0 spiro atoms. The molecule has 1 saturated heterocycles. The van der Waals surface area contributed by atoms with E-state index in [-0.39, 0.29) is 11.4 Å². The van der Waals surface area contributed by atoms with E-state index in [0.717, 1.165) is 35.6 Å². The highest BCUT2D eigenvalue weighted by atomic mass is 35.5. The zero-order valence-corrected chi connectivity index (χ0v) is 18.4. The maximum Gasteiger partial charge on any atom is 0.319 e. The normalized spacial score (nSPS) is 15.6. The number of nitrogens with one attached hydrogen (secondary N) is 2. The van der Waals surface area contributed by atoms with Crippen LogP contribution in [0, 0.1) is 0 Å². The average Bonchev–Trinajstić information content (AvgIpc) is 2.74. The Balaban J connectivity index is 1.71. The second-order valence-electron chi connectivity index (χ2n) is 7.17. The summed E-state index contributed by atoms with van der Waals surface area (Å²) in [7, 11) is 1.65. The Bertz CT molecular complexity index is 823. The monoisotopic (exact) mass is 434 g/mol. The summed E-state index contributed by atoms with van der Waals surface area (Å²) in [6.45, 7) is 1.75. The summed E-state index contributed by atoms with van der Waals surface area (Å²) in [5, 5.41) is 6.61. The zero-order valence-electron chi connectivity index (χ0n) is 16.8. The van der Waals surface area contributed by atoms with Crippen LogP contribution in [0.15, 0.2) is 42.5 Å². The van der Waals surface area contributed by atoms with Crippen LogP contribution in [0.2, 0.25) is 5.02 Å². The van der Waals surface area contributed by atoms with E-state index in [2.05, 4.69) is 16.9 Å². The molecule has 1 aliphatic heterocycles. The first-order chi connectivity index (χ1) is 14.1. The Morgan fingerprint density at radius 1 is 1.21 bits per heavy atom. The Labute approximate surface area is 181 Å². The van der Waals surface area contributed by atoms with Gasteiger partial charge in [-0.3, -0.25) is 0 Å². The number of hydrogen-bond acceptors (Lipinski definition) is 4. The fourth-order valence-electron chi connectivity index (χ4n) is 3.67. The summed E-state index contributed by atoms with van der Waals surface area (Å²) in [5.74, 6) is 1.74. The predicted octanol–water partition coefficient (Wildman–Crippen LogP) is 5.08. The van der Waals surface area contributed by atoms with Crippen LogP contribution in [-0.4, -0.2) is 39.2 Å². The number of thioether (sulfide) groups is 1. The highest BCUT2D eigenvalue weighted by Gasteiger charge is 2.37. The van der Waals surface area contributed by atoms with Gasteiger partial charge in [0.05, 0.1) is 7.11 Å². The van der Waals surface area contributed by atoms with Gasteiger partial charge in [0.1, 0.15) is 5.75 Å². The smallest absolute Gasteiger partial charge is 0.319 e. The average molecular weight is 435 g/mol. The Morgan fingerprint density at radius 2 is 1.93 bits per heavy atom. The Morgan fingerprint density at radius 3 is 2.59 bits per heavy atom. The topological polar surface area (TPSA) is 59.6 Å². The first kappa shape index (κ1) is 21.8. The van der Waals surface area contributed by atoms with Crippen molar-refractivity contribution in [3.05, 3.63) is 58.6 Å². The standard InChI is InChI=1S/C22H27ClN2O3S/c1-27-20-8-5-17(23)13-19(20)22(9-11-28-12-10-22)15-24-21(26)25-18-6-3-16(4-7-18)14-29-2/h3-8,13H,9-12,14-15H2,1-2H3,(H2,24,25,26). The molecule has 1 fully saturated rings. The SMILES string of the molecule is COc1ccc(Cl)cc1C1(CNC(=O)Nc2ccc(CSC)cc2)CCOCC1. The summed E-state index contributed by atoms with van der Waals surface area (Å²) in [5.41, 5.74) is 2.73. The van der Waals surface area contributed by atoms with Gasteiger partial charge in [-0.25, -0.2) is 4.79 Å². The molecule has 0 atom stereocenters. The van der Waals surface area contributed by atoms with Gasteiger partial charge in [-0.15, -0.1) is 0 Å². The van der Waals surface area contributed by atoms with Crippen molar-refractivity contribution in [2.45, 2.75) is 24.0 Å². The number of carbonyl (C=O) groups excluding carboxylic acids is 1. The number of methoxy groups -OCH3 is 1. The quantitative estimate of drug-likeness (QED) is 0.637. The van der Waals surface area contributed by atoms with Crippen LogP contribution in [0.3, 0.4) is 0 Å². The molecule has 0 aromatic heterocycles. The number of carbonyl (C=O) groups is 1. The minimum atomic E-state index is -0.284. The Hall–Kier alpha value is -1.89. The van der Waals surface area contributed by atoms with E-state index >= 15 is 0 Å². The van der Waals surface area contributed by atoms with E-state index in [9.17, 15) is 4.79 Å². The molecule has 0 saturated carbocycles. The number of ether oxygens (including phenoxy) is 2. The molecule has 0 unspecified atom stereocenters. The highest BCUT2D eigenvalue weighted by molar-refractivity contribution is 7.97. The molecule has 2 N–H and O–H groups in total. The van der Waals surface area contributed by atoms with Crippen molar-refractivity contribution in [3.63, 3.8) is 0 Å². The molecule has 0 bridgehead atoms. The molecular weight excluding hydrogens is 408 g/mol. The molecule has 29 heavy (non-hydrogen) atoms. The summed E-state index contributed by atoms with van der Waals surface area (Å²) in [6, 6.07) is 13.3. The lowest BCUT2D eigenvalue weighted by atomic mass is 9.73. The maximum atomic E-state index is 12.5. The molecule has 5 nitrogen and oxygen atoms in total. The lowest BCUT2D eigenvalue weighted by molar-refractivity contribution is 0.0500. The van der Waals surface area contributed by atoms with Crippen LogP contribution >= 0.6 is 23.4 Å². The number of hydrogen-bond donors (Lipinski definition) is 2. The van der Waals surface area contributed by atoms with Crippen LogP contribution in [0.25, 0.3) is 0 Å². The predicted molar refractivity (Wildman–Crippen MR) is 120 cm³/mol. The highest BCUT2D eigenvalue weighted by Crippen LogP contribution is 2.40. The summed E-state index contributed by atoms with van der Waals surface area (Å²) < 4.78 is 11.2. The molecule has 7 heteroatoms. The minimum absolute atomic E-state index is 0.227. The molecule has 3 rings (SSSR count). The van der Waals surface area contributed by atoms with Gasteiger partial charge < -0.3 is 20.1 Å². The van der Waals surface area contributed by atoms with E-state index in [4.69, 9.17) is 21.1 Å². The number of amides is 2. The third-order valence-electron chi connectivity index (χ3n) is 5.29. The van der Waals surface area contributed by atoms with Crippen LogP contribution < -0.4 is 15.4 Å². The maximum absolute atomic E-state index is 12.5. The van der Waals surface area contributed by atoms with Crippen molar-refractivity contribution in [2.24, 2.45) is 0 Å². The lowest BCUT2D eigenvalue weighted by Gasteiger charge is -2.38. The third kappa shape index (κ3) is 5.59. The van der Waals surface area contributed by atoms with Gasteiger partial charge in [-0.1, -0.05) is 23.7 Å². The molecule has 2 amide bonds. The zero-order chi connectivity index (χ0) is 20.7. The molecule has 2 aromatic rings. The van der Waals surface area contributed by atoms with E-state index in [0.29, 0.717) is 24.8 Å². The van der Waals surface area contributed by atoms with Gasteiger partial charge in [0.25, 0.3) is 0 Å². The Kier molecular flexibility index (Phi) is 7.70. The molecular formula is C22H27ClN2O3S. The fraction of sp³-hybridized carbons (Fsp3) is 0.409. The van der Waals surface area contributed by atoms with E-state index in [1.54, 1.807) is 18.9 Å². The second kappa shape index (κ2) is 10.2. The van der Waals surface area contributed by atoms with Gasteiger partial charge in [0, 0.05) is 47.2 Å². The number of benzene rings is 2. The summed E-state index contributed by atoms with van der Waals surface area (Å²) in [4.78, 5) is 12.5. The van der Waals surface area contributed by atoms with Gasteiger partial charge in [-0.05, 0) is 55.0 Å². The molecule has 1 aliphatic rings. The number of halogens is 1. The van der Waals surface area contributed by atoms with Gasteiger partial charge in [-0.2, -0.15) is 11.8 Å². The first-order valence-electron chi connectivity index (χ1n) is 9.61. The van der Waals surface area contributed by atoms with Crippen LogP contribution in [0.5, 0.6) is 5.75 Å². The first-order valence-corrected chi connectivity index (χ1v) is 11.4. The lowest BCUT2D eigenvalue weighted by Crippen LogP contribution is -2.45. The molecule has 1 heterocycles. The number of anilines is 1. The van der Waals surface area contributed by atoms with Crippen molar-refractivity contribution in [2.75, 3.05) is 38.4 Å². The van der Waals surface area contributed by atoms with E-state index in [1.165, 1.54) is 5.56 Å². The van der Waals surface area contributed by atoms with Crippen molar-refractivity contribution < 1.29 is 14.3 Å².